The number of carbonyl (C=O) groups is 1. The SMILES string of the molecule is O=C1CC(NCC2CNC2)C2CC(C(c3ccc(Cl)cc3)c3nccs3)CCC2N1. The predicted molar refractivity (Wildman–Crippen MR) is 121 cm³/mol. The maximum Gasteiger partial charge on any atom is 0.221 e. The molecule has 1 aliphatic carbocycles. The third kappa shape index (κ3) is 4.28. The second-order valence-corrected chi connectivity index (χ2v) is 10.4. The predicted octanol–water partition coefficient (Wildman–Crippen LogP) is 3.41. The number of nitrogens with zero attached hydrogens (tertiary/aromatic N) is 1. The summed E-state index contributed by atoms with van der Waals surface area (Å²) in [5, 5.41) is 14.4. The fourth-order valence-electron chi connectivity index (χ4n) is 5.49. The van der Waals surface area contributed by atoms with Gasteiger partial charge in [0.1, 0.15) is 5.01 Å². The quantitative estimate of drug-likeness (QED) is 0.638. The molecule has 5 nitrogen and oxygen atoms in total. The van der Waals surface area contributed by atoms with Crippen LogP contribution in [0.2, 0.25) is 5.02 Å². The highest BCUT2D eigenvalue weighted by molar-refractivity contribution is 7.09. The van der Waals surface area contributed by atoms with E-state index >= 15 is 0 Å². The lowest BCUT2D eigenvalue weighted by Gasteiger charge is -2.46. The van der Waals surface area contributed by atoms with Gasteiger partial charge in [0.2, 0.25) is 5.91 Å². The molecule has 3 fully saturated rings. The third-order valence-corrected chi connectivity index (χ3v) is 8.27. The van der Waals surface area contributed by atoms with Crippen LogP contribution in [0.1, 0.15) is 42.2 Å². The smallest absolute Gasteiger partial charge is 0.221 e. The standard InChI is InChI=1S/C23H29ClN4OS/c24-17-4-1-15(2-5-17)22(23-26-7-8-30-23)16-3-6-19-18(9-16)20(10-21(29)28-19)27-13-14-11-25-12-14/h1-2,4-5,7-8,14,16,18-20,22,25,27H,3,6,9-13H2,(H,28,29). The molecule has 3 aliphatic rings. The average molecular weight is 445 g/mol. The fourth-order valence-corrected chi connectivity index (χ4v) is 6.48. The van der Waals surface area contributed by atoms with Crippen LogP contribution >= 0.6 is 22.9 Å². The number of benzene rings is 1. The molecule has 5 unspecified atom stereocenters. The lowest BCUT2D eigenvalue weighted by atomic mass is 9.67. The first kappa shape index (κ1) is 20.4. The lowest BCUT2D eigenvalue weighted by Crippen LogP contribution is -2.60. The molecule has 1 saturated carbocycles. The Morgan fingerprint density at radius 2 is 2.07 bits per heavy atom. The molecule has 3 heterocycles. The van der Waals surface area contributed by atoms with Crippen molar-refractivity contribution in [3.05, 3.63) is 51.4 Å². The molecule has 2 saturated heterocycles. The van der Waals surface area contributed by atoms with Gasteiger partial charge in [-0.25, -0.2) is 4.98 Å². The number of amides is 1. The van der Waals surface area contributed by atoms with E-state index in [0.29, 0.717) is 30.2 Å². The Kier molecular flexibility index (Phi) is 6.10. The maximum atomic E-state index is 12.3. The van der Waals surface area contributed by atoms with Gasteiger partial charge >= 0.3 is 0 Å². The first-order valence-corrected chi connectivity index (χ1v) is 12.3. The molecule has 1 aromatic carbocycles. The Balaban J connectivity index is 1.37. The van der Waals surface area contributed by atoms with Crippen LogP contribution in [-0.4, -0.2) is 42.6 Å². The summed E-state index contributed by atoms with van der Waals surface area (Å²) in [7, 11) is 0. The number of hydrogen-bond acceptors (Lipinski definition) is 5. The minimum Gasteiger partial charge on any atom is -0.353 e. The van der Waals surface area contributed by atoms with E-state index < -0.39 is 0 Å². The van der Waals surface area contributed by atoms with E-state index in [9.17, 15) is 4.79 Å². The van der Waals surface area contributed by atoms with Crippen LogP contribution in [0.25, 0.3) is 0 Å². The van der Waals surface area contributed by atoms with Crippen molar-refractivity contribution in [1.29, 1.82) is 0 Å². The topological polar surface area (TPSA) is 66.0 Å². The second kappa shape index (κ2) is 8.95. The molecular weight excluding hydrogens is 416 g/mol. The molecular formula is C23H29ClN4OS. The highest BCUT2D eigenvalue weighted by atomic mass is 35.5. The van der Waals surface area contributed by atoms with Crippen molar-refractivity contribution >= 4 is 28.8 Å². The van der Waals surface area contributed by atoms with E-state index in [-0.39, 0.29) is 17.9 Å². The molecule has 5 rings (SSSR count). The van der Waals surface area contributed by atoms with Gasteiger partial charge in [0.25, 0.3) is 0 Å². The second-order valence-electron chi connectivity index (χ2n) is 9.05. The van der Waals surface area contributed by atoms with E-state index in [1.807, 2.05) is 18.3 Å². The van der Waals surface area contributed by atoms with Crippen LogP contribution in [0.4, 0.5) is 0 Å². The fraction of sp³-hybridized carbons (Fsp3) is 0.565. The van der Waals surface area contributed by atoms with Crippen LogP contribution in [0.15, 0.2) is 35.8 Å². The number of fused-ring (bicyclic) bond motifs is 1. The Morgan fingerprint density at radius 1 is 1.23 bits per heavy atom. The first-order valence-electron chi connectivity index (χ1n) is 11.1. The summed E-state index contributed by atoms with van der Waals surface area (Å²) in [5.74, 6) is 2.18. The Morgan fingerprint density at radius 3 is 2.77 bits per heavy atom. The van der Waals surface area contributed by atoms with Gasteiger partial charge in [-0.15, -0.1) is 11.3 Å². The molecule has 0 radical (unpaired) electrons. The zero-order valence-electron chi connectivity index (χ0n) is 17.0. The molecule has 3 N–H and O–H groups in total. The van der Waals surface area contributed by atoms with Crippen LogP contribution in [0.5, 0.6) is 0 Å². The summed E-state index contributed by atoms with van der Waals surface area (Å²) >= 11 is 7.90. The molecule has 2 aliphatic heterocycles. The van der Waals surface area contributed by atoms with E-state index in [0.717, 1.165) is 43.9 Å². The molecule has 2 aromatic rings. The molecule has 0 bridgehead atoms. The summed E-state index contributed by atoms with van der Waals surface area (Å²) in [6, 6.07) is 8.85. The Labute approximate surface area is 187 Å². The molecule has 30 heavy (non-hydrogen) atoms. The van der Waals surface area contributed by atoms with Crippen LogP contribution in [-0.2, 0) is 4.79 Å². The maximum absolute atomic E-state index is 12.3. The van der Waals surface area contributed by atoms with Gasteiger partial charge in [0.15, 0.2) is 0 Å². The number of hydrogen-bond donors (Lipinski definition) is 3. The molecule has 5 atom stereocenters. The van der Waals surface area contributed by atoms with Crippen LogP contribution < -0.4 is 16.0 Å². The van der Waals surface area contributed by atoms with Crippen LogP contribution in [0, 0.1) is 17.8 Å². The zero-order valence-corrected chi connectivity index (χ0v) is 18.6. The average Bonchev–Trinajstić information content (AvgIpc) is 3.23. The third-order valence-electron chi connectivity index (χ3n) is 7.16. The van der Waals surface area contributed by atoms with Crippen molar-refractivity contribution in [1.82, 2.24) is 20.9 Å². The number of nitrogens with one attached hydrogen (secondary N) is 3. The molecule has 1 aromatic heterocycles. The van der Waals surface area contributed by atoms with Gasteiger partial charge in [-0.1, -0.05) is 23.7 Å². The van der Waals surface area contributed by atoms with Crippen molar-refractivity contribution in [2.45, 2.75) is 43.7 Å². The number of piperidine rings is 1. The highest BCUT2D eigenvalue weighted by Crippen LogP contribution is 2.45. The van der Waals surface area contributed by atoms with Crippen molar-refractivity contribution in [2.75, 3.05) is 19.6 Å². The van der Waals surface area contributed by atoms with Gasteiger partial charge in [-0.3, -0.25) is 4.79 Å². The number of thiazole rings is 1. The lowest BCUT2D eigenvalue weighted by molar-refractivity contribution is -0.126. The van der Waals surface area contributed by atoms with Crippen molar-refractivity contribution in [3.8, 4) is 0 Å². The summed E-state index contributed by atoms with van der Waals surface area (Å²) in [4.78, 5) is 17.0. The summed E-state index contributed by atoms with van der Waals surface area (Å²) < 4.78 is 0. The minimum absolute atomic E-state index is 0.202. The number of halogens is 1. The molecule has 0 spiro atoms. The van der Waals surface area contributed by atoms with Gasteiger partial charge in [-0.05, 0) is 54.7 Å². The number of aromatic nitrogens is 1. The monoisotopic (exact) mass is 444 g/mol. The Bertz CT molecular complexity index is 855. The van der Waals surface area contributed by atoms with Crippen molar-refractivity contribution in [2.24, 2.45) is 17.8 Å². The van der Waals surface area contributed by atoms with E-state index in [1.54, 1.807) is 11.3 Å². The van der Waals surface area contributed by atoms with Gasteiger partial charge in [0.05, 0.1) is 0 Å². The first-order chi connectivity index (χ1) is 14.7. The molecule has 1 amide bonds. The van der Waals surface area contributed by atoms with E-state index in [2.05, 4.69) is 33.5 Å². The Hall–Kier alpha value is -1.47. The van der Waals surface area contributed by atoms with E-state index in [1.165, 1.54) is 10.6 Å². The summed E-state index contributed by atoms with van der Waals surface area (Å²) in [6.45, 7) is 3.18. The number of carbonyl (C=O) groups excluding carboxylic acids is 1. The molecule has 160 valence electrons. The van der Waals surface area contributed by atoms with Crippen molar-refractivity contribution in [3.63, 3.8) is 0 Å². The number of rotatable bonds is 6. The van der Waals surface area contributed by atoms with Gasteiger partial charge < -0.3 is 16.0 Å². The largest absolute Gasteiger partial charge is 0.353 e. The highest BCUT2D eigenvalue weighted by Gasteiger charge is 2.43. The van der Waals surface area contributed by atoms with Crippen molar-refractivity contribution < 1.29 is 4.79 Å². The zero-order chi connectivity index (χ0) is 20.5. The van der Waals surface area contributed by atoms with Gasteiger partial charge in [0, 0.05) is 60.7 Å². The normalized spacial score (nSPS) is 30.2. The summed E-state index contributed by atoms with van der Waals surface area (Å²) in [6.07, 6.45) is 5.76. The molecule has 7 heteroatoms. The summed E-state index contributed by atoms with van der Waals surface area (Å²) in [5.41, 5.74) is 1.29. The van der Waals surface area contributed by atoms with Gasteiger partial charge in [-0.2, -0.15) is 0 Å². The van der Waals surface area contributed by atoms with Crippen LogP contribution in [0.3, 0.4) is 0 Å². The van der Waals surface area contributed by atoms with E-state index in [4.69, 9.17) is 16.6 Å². The minimum atomic E-state index is 0.202.